The van der Waals surface area contributed by atoms with Crippen LogP contribution < -0.4 is 5.32 Å². The Hall–Kier alpha value is -0.120. The molecule has 2 rings (SSSR count). The second-order valence-corrected chi connectivity index (χ2v) is 6.11. The Kier molecular flexibility index (Phi) is 4.11. The Labute approximate surface area is 106 Å². The normalized spacial score (nSPS) is 35.5. The lowest BCUT2D eigenvalue weighted by Gasteiger charge is -2.33. The molecule has 2 saturated carbocycles. The summed E-state index contributed by atoms with van der Waals surface area (Å²) >= 11 is 0. The van der Waals surface area contributed by atoms with Crippen LogP contribution in [0.25, 0.3) is 0 Å². The van der Waals surface area contributed by atoms with Gasteiger partial charge < -0.3 is 15.3 Å². The van der Waals surface area contributed by atoms with Gasteiger partial charge in [0.25, 0.3) is 0 Å². The third kappa shape index (κ3) is 2.83. The molecule has 3 heteroatoms. The lowest BCUT2D eigenvalue weighted by atomic mass is 9.98. The molecule has 0 bridgehead atoms. The van der Waals surface area contributed by atoms with Crippen LogP contribution in [0.1, 0.15) is 46.0 Å². The molecule has 0 saturated heterocycles. The van der Waals surface area contributed by atoms with E-state index in [0.29, 0.717) is 6.04 Å². The van der Waals surface area contributed by atoms with E-state index in [-0.39, 0.29) is 12.1 Å². The topological polar surface area (TPSA) is 35.5 Å². The fourth-order valence-corrected chi connectivity index (χ4v) is 3.42. The summed E-state index contributed by atoms with van der Waals surface area (Å²) in [5.41, 5.74) is -0.00303. The summed E-state index contributed by atoms with van der Waals surface area (Å²) in [5.74, 6) is 0.934. The van der Waals surface area contributed by atoms with E-state index in [1.807, 2.05) is 0 Å². The van der Waals surface area contributed by atoms with E-state index < -0.39 is 0 Å². The summed E-state index contributed by atoms with van der Waals surface area (Å²) in [5, 5.41) is 13.1. The van der Waals surface area contributed by atoms with E-state index in [9.17, 15) is 5.11 Å². The molecule has 2 fully saturated rings. The lowest BCUT2D eigenvalue weighted by Crippen LogP contribution is -2.48. The molecule has 3 atom stereocenters. The van der Waals surface area contributed by atoms with Gasteiger partial charge in [0.05, 0.1) is 6.61 Å². The van der Waals surface area contributed by atoms with E-state index >= 15 is 0 Å². The number of nitrogens with one attached hydrogen (secondary N) is 1. The second kappa shape index (κ2) is 5.25. The minimum atomic E-state index is -0.00303. The van der Waals surface area contributed by atoms with Gasteiger partial charge in [0.2, 0.25) is 0 Å². The first-order valence-corrected chi connectivity index (χ1v) is 7.19. The SMILES string of the molecule is CCNC1(CO)CCC(N(C)C(C)C2CC2)C1. The summed E-state index contributed by atoms with van der Waals surface area (Å²) in [6.07, 6.45) is 6.27. The quantitative estimate of drug-likeness (QED) is 0.740. The van der Waals surface area contributed by atoms with Crippen molar-refractivity contribution in [3.63, 3.8) is 0 Å². The molecule has 0 aliphatic heterocycles. The van der Waals surface area contributed by atoms with Crippen molar-refractivity contribution in [1.29, 1.82) is 0 Å². The average Bonchev–Trinajstić information content (AvgIpc) is 3.10. The predicted octanol–water partition coefficient (Wildman–Crippen LogP) is 1.61. The number of aliphatic hydroxyl groups excluding tert-OH is 1. The van der Waals surface area contributed by atoms with E-state index in [0.717, 1.165) is 31.3 Å². The Morgan fingerprint density at radius 1 is 1.41 bits per heavy atom. The number of aliphatic hydroxyl groups is 1. The maximum absolute atomic E-state index is 9.63. The van der Waals surface area contributed by atoms with Crippen molar-refractivity contribution in [2.24, 2.45) is 5.92 Å². The number of likely N-dealkylation sites (N-methyl/N-ethyl adjacent to an activating group) is 1. The largest absolute Gasteiger partial charge is 0.394 e. The number of rotatable bonds is 6. The zero-order chi connectivity index (χ0) is 12.5. The first-order valence-electron chi connectivity index (χ1n) is 7.19. The van der Waals surface area contributed by atoms with Crippen LogP contribution >= 0.6 is 0 Å². The molecule has 100 valence electrons. The van der Waals surface area contributed by atoms with Gasteiger partial charge in [-0.2, -0.15) is 0 Å². The molecule has 0 aromatic rings. The van der Waals surface area contributed by atoms with Crippen molar-refractivity contribution < 1.29 is 5.11 Å². The standard InChI is InChI=1S/C14H28N2O/c1-4-15-14(10-17)8-7-13(9-14)16(3)11(2)12-5-6-12/h11-13,15,17H,4-10H2,1-3H3. The van der Waals surface area contributed by atoms with Gasteiger partial charge in [-0.05, 0) is 58.5 Å². The van der Waals surface area contributed by atoms with E-state index in [2.05, 4.69) is 31.1 Å². The second-order valence-electron chi connectivity index (χ2n) is 6.11. The van der Waals surface area contributed by atoms with Crippen LogP contribution in [0.5, 0.6) is 0 Å². The maximum Gasteiger partial charge on any atom is 0.0613 e. The zero-order valence-corrected chi connectivity index (χ0v) is 11.6. The minimum Gasteiger partial charge on any atom is -0.394 e. The van der Waals surface area contributed by atoms with Gasteiger partial charge >= 0.3 is 0 Å². The van der Waals surface area contributed by atoms with Crippen molar-refractivity contribution >= 4 is 0 Å². The highest BCUT2D eigenvalue weighted by atomic mass is 16.3. The Morgan fingerprint density at radius 3 is 2.65 bits per heavy atom. The lowest BCUT2D eigenvalue weighted by molar-refractivity contribution is 0.133. The molecule has 2 aliphatic rings. The highest BCUT2D eigenvalue weighted by Gasteiger charge is 2.42. The van der Waals surface area contributed by atoms with Gasteiger partial charge in [-0.1, -0.05) is 6.92 Å². The number of hydrogen-bond acceptors (Lipinski definition) is 3. The Balaban J connectivity index is 1.91. The molecule has 0 aromatic heterocycles. The molecular formula is C14H28N2O. The van der Waals surface area contributed by atoms with Gasteiger partial charge in [0.15, 0.2) is 0 Å². The fourth-order valence-electron chi connectivity index (χ4n) is 3.42. The van der Waals surface area contributed by atoms with Gasteiger partial charge in [0.1, 0.15) is 0 Å². The summed E-state index contributed by atoms with van der Waals surface area (Å²) in [6, 6.07) is 1.37. The van der Waals surface area contributed by atoms with Crippen LogP contribution in [0, 0.1) is 5.92 Å². The third-order valence-corrected chi connectivity index (χ3v) is 4.96. The first-order chi connectivity index (χ1) is 8.12. The molecular weight excluding hydrogens is 212 g/mol. The molecule has 0 spiro atoms. The maximum atomic E-state index is 9.63. The summed E-state index contributed by atoms with van der Waals surface area (Å²) in [6.45, 7) is 5.73. The zero-order valence-electron chi connectivity index (χ0n) is 11.6. The highest BCUT2D eigenvalue weighted by molar-refractivity contribution is 5.00. The summed E-state index contributed by atoms with van der Waals surface area (Å²) in [7, 11) is 2.27. The van der Waals surface area contributed by atoms with Crippen LogP contribution in [0.4, 0.5) is 0 Å². The molecule has 3 nitrogen and oxygen atoms in total. The van der Waals surface area contributed by atoms with Crippen molar-refractivity contribution in [3.8, 4) is 0 Å². The van der Waals surface area contributed by atoms with Crippen LogP contribution in [0.3, 0.4) is 0 Å². The fraction of sp³-hybridized carbons (Fsp3) is 1.00. The number of nitrogens with zero attached hydrogens (tertiary/aromatic N) is 1. The molecule has 17 heavy (non-hydrogen) atoms. The smallest absolute Gasteiger partial charge is 0.0613 e. The Bertz CT molecular complexity index is 255. The molecule has 0 heterocycles. The van der Waals surface area contributed by atoms with E-state index in [4.69, 9.17) is 0 Å². The van der Waals surface area contributed by atoms with E-state index in [1.165, 1.54) is 19.3 Å². The molecule has 0 amide bonds. The number of hydrogen-bond donors (Lipinski definition) is 2. The Morgan fingerprint density at radius 2 is 2.12 bits per heavy atom. The van der Waals surface area contributed by atoms with Crippen molar-refractivity contribution in [3.05, 3.63) is 0 Å². The van der Waals surface area contributed by atoms with Gasteiger partial charge in [0, 0.05) is 17.6 Å². The highest BCUT2D eigenvalue weighted by Crippen LogP contribution is 2.39. The average molecular weight is 240 g/mol. The van der Waals surface area contributed by atoms with Crippen molar-refractivity contribution in [2.75, 3.05) is 20.2 Å². The van der Waals surface area contributed by atoms with Gasteiger partial charge in [-0.3, -0.25) is 0 Å². The molecule has 3 unspecified atom stereocenters. The van der Waals surface area contributed by atoms with Crippen LogP contribution in [-0.2, 0) is 0 Å². The van der Waals surface area contributed by atoms with E-state index in [1.54, 1.807) is 0 Å². The van der Waals surface area contributed by atoms with Gasteiger partial charge in [-0.15, -0.1) is 0 Å². The van der Waals surface area contributed by atoms with Crippen LogP contribution in [0.2, 0.25) is 0 Å². The third-order valence-electron chi connectivity index (χ3n) is 4.96. The summed E-state index contributed by atoms with van der Waals surface area (Å²) < 4.78 is 0. The molecule has 2 aliphatic carbocycles. The minimum absolute atomic E-state index is 0.00303. The van der Waals surface area contributed by atoms with Crippen LogP contribution in [0.15, 0.2) is 0 Å². The van der Waals surface area contributed by atoms with Gasteiger partial charge in [-0.25, -0.2) is 0 Å². The molecule has 0 aromatic carbocycles. The van der Waals surface area contributed by atoms with Crippen molar-refractivity contribution in [2.45, 2.75) is 63.6 Å². The monoisotopic (exact) mass is 240 g/mol. The summed E-state index contributed by atoms with van der Waals surface area (Å²) in [4.78, 5) is 2.56. The van der Waals surface area contributed by atoms with Crippen molar-refractivity contribution in [1.82, 2.24) is 10.2 Å². The first kappa shape index (κ1) is 13.3. The van der Waals surface area contributed by atoms with Crippen LogP contribution in [-0.4, -0.2) is 47.8 Å². The molecule has 2 N–H and O–H groups in total. The predicted molar refractivity (Wildman–Crippen MR) is 71.1 cm³/mol. The molecule has 0 radical (unpaired) electrons.